The van der Waals surface area contributed by atoms with Gasteiger partial charge in [-0.2, -0.15) is 17.0 Å². The van der Waals surface area contributed by atoms with E-state index in [9.17, 15) is 9.59 Å². The largest absolute Gasteiger partial charge is 0.480 e. The average molecular weight is 372 g/mol. The van der Waals surface area contributed by atoms with Crippen molar-refractivity contribution in [3.05, 3.63) is 28.2 Å². The molecule has 6 nitrogen and oxygen atoms in total. The van der Waals surface area contributed by atoms with Crippen LogP contribution in [0.3, 0.4) is 0 Å². The second-order valence-electron chi connectivity index (χ2n) is 4.08. The van der Waals surface area contributed by atoms with Gasteiger partial charge in [-0.15, -0.1) is 0 Å². The van der Waals surface area contributed by atoms with Crippen LogP contribution in [0.5, 0.6) is 0 Å². The molecule has 8 heteroatoms. The number of carbonyl (C=O) groups is 2. The van der Waals surface area contributed by atoms with Crippen LogP contribution in [0.25, 0.3) is 0 Å². The Labute approximate surface area is 135 Å². The Balaban J connectivity index is 2.68. The third kappa shape index (κ3) is 5.65. The van der Waals surface area contributed by atoms with Crippen LogP contribution in [0.1, 0.15) is 12.0 Å². The summed E-state index contributed by atoms with van der Waals surface area (Å²) in [5.41, 5.74) is 0.914. The zero-order chi connectivity index (χ0) is 15.8. The summed E-state index contributed by atoms with van der Waals surface area (Å²) in [6, 6.07) is 5.14. The van der Waals surface area contributed by atoms with Crippen molar-refractivity contribution in [3.8, 4) is 6.07 Å². The molecule has 0 aliphatic heterocycles. The molecule has 3 N–H and O–H groups in total. The average Bonchev–Trinajstić information content (AvgIpc) is 2.45. The van der Waals surface area contributed by atoms with E-state index >= 15 is 0 Å². The Morgan fingerprint density at radius 2 is 2.24 bits per heavy atom. The van der Waals surface area contributed by atoms with Crippen LogP contribution in [0.2, 0.25) is 0 Å². The van der Waals surface area contributed by atoms with E-state index in [1.165, 1.54) is 11.8 Å². The number of nitriles is 1. The predicted molar refractivity (Wildman–Crippen MR) is 85.4 cm³/mol. The van der Waals surface area contributed by atoms with Crippen LogP contribution >= 0.6 is 27.7 Å². The van der Waals surface area contributed by atoms with Gasteiger partial charge in [0, 0.05) is 4.47 Å². The number of amides is 2. The molecule has 2 amide bonds. The number of carboxylic acids is 1. The van der Waals surface area contributed by atoms with Gasteiger partial charge in [0.15, 0.2) is 0 Å². The number of carboxylic acid groups (broad SMARTS) is 1. The first kappa shape index (κ1) is 17.3. The lowest BCUT2D eigenvalue weighted by molar-refractivity contribution is -0.139. The van der Waals surface area contributed by atoms with Crippen LogP contribution in [0.4, 0.5) is 10.5 Å². The van der Waals surface area contributed by atoms with Gasteiger partial charge in [-0.1, -0.05) is 0 Å². The Kier molecular flexibility index (Phi) is 7.05. The number of urea groups is 1. The molecule has 1 rings (SSSR count). The van der Waals surface area contributed by atoms with E-state index in [0.29, 0.717) is 27.9 Å². The molecule has 0 saturated heterocycles. The summed E-state index contributed by atoms with van der Waals surface area (Å²) in [6.45, 7) is 0. The first-order valence-corrected chi connectivity index (χ1v) is 8.15. The zero-order valence-electron chi connectivity index (χ0n) is 11.2. The van der Waals surface area contributed by atoms with Crippen molar-refractivity contribution >= 4 is 45.4 Å². The van der Waals surface area contributed by atoms with Gasteiger partial charge in [0.1, 0.15) is 6.04 Å². The van der Waals surface area contributed by atoms with Gasteiger partial charge < -0.3 is 15.7 Å². The number of hydrogen-bond acceptors (Lipinski definition) is 4. The SMILES string of the molecule is CSCC[C@@H](NC(=O)Nc1ccc(C#N)cc1Br)C(=O)O. The minimum absolute atomic E-state index is 0.346. The molecule has 0 saturated carbocycles. The molecule has 0 radical (unpaired) electrons. The van der Waals surface area contributed by atoms with Crippen LogP contribution in [0.15, 0.2) is 22.7 Å². The summed E-state index contributed by atoms with van der Waals surface area (Å²) in [5, 5.41) is 22.8. The number of nitrogens with zero attached hydrogens (tertiary/aromatic N) is 1. The molecule has 21 heavy (non-hydrogen) atoms. The molecule has 0 fully saturated rings. The van der Waals surface area contributed by atoms with Crippen LogP contribution in [-0.4, -0.2) is 35.2 Å². The molecular weight excluding hydrogens is 358 g/mol. The van der Waals surface area contributed by atoms with Crippen LogP contribution in [-0.2, 0) is 4.79 Å². The third-order valence-electron chi connectivity index (χ3n) is 2.56. The second kappa shape index (κ2) is 8.54. The first-order valence-electron chi connectivity index (χ1n) is 5.96. The summed E-state index contributed by atoms with van der Waals surface area (Å²) in [4.78, 5) is 22.9. The maximum absolute atomic E-state index is 11.8. The summed E-state index contributed by atoms with van der Waals surface area (Å²) in [5.74, 6) is -0.434. The van der Waals surface area contributed by atoms with E-state index in [-0.39, 0.29) is 0 Å². The Hall–Kier alpha value is -1.72. The van der Waals surface area contributed by atoms with Crippen LogP contribution < -0.4 is 10.6 Å². The predicted octanol–water partition coefficient (Wildman–Crippen LogP) is 2.65. The van der Waals surface area contributed by atoms with E-state index in [1.807, 2.05) is 12.3 Å². The molecule has 0 aromatic heterocycles. The summed E-state index contributed by atoms with van der Waals surface area (Å²) in [6.07, 6.45) is 2.21. The van der Waals surface area contributed by atoms with E-state index in [4.69, 9.17) is 10.4 Å². The molecule has 0 heterocycles. The molecule has 0 bridgehead atoms. The Morgan fingerprint density at radius 1 is 1.52 bits per heavy atom. The lowest BCUT2D eigenvalue weighted by Crippen LogP contribution is -2.43. The van der Waals surface area contributed by atoms with Crippen molar-refractivity contribution in [2.75, 3.05) is 17.3 Å². The van der Waals surface area contributed by atoms with Gasteiger partial charge >= 0.3 is 12.0 Å². The summed E-state index contributed by atoms with van der Waals surface area (Å²) >= 11 is 4.75. The van der Waals surface area contributed by atoms with Crippen molar-refractivity contribution in [2.24, 2.45) is 0 Å². The number of halogens is 1. The van der Waals surface area contributed by atoms with Gasteiger partial charge in [-0.05, 0) is 52.6 Å². The maximum Gasteiger partial charge on any atom is 0.326 e. The molecular formula is C13H14BrN3O3S. The lowest BCUT2D eigenvalue weighted by Gasteiger charge is -2.15. The van der Waals surface area contributed by atoms with Crippen molar-refractivity contribution in [1.82, 2.24) is 5.32 Å². The number of carbonyl (C=O) groups excluding carboxylic acids is 1. The fourth-order valence-corrected chi connectivity index (χ4v) is 2.45. The topological polar surface area (TPSA) is 102 Å². The highest BCUT2D eigenvalue weighted by Gasteiger charge is 2.19. The summed E-state index contributed by atoms with van der Waals surface area (Å²) < 4.78 is 0.549. The fraction of sp³-hybridized carbons (Fsp3) is 0.308. The zero-order valence-corrected chi connectivity index (χ0v) is 13.6. The minimum atomic E-state index is -1.07. The maximum atomic E-state index is 11.8. The highest BCUT2D eigenvalue weighted by Crippen LogP contribution is 2.23. The van der Waals surface area contributed by atoms with E-state index in [0.717, 1.165) is 0 Å². The number of benzene rings is 1. The van der Waals surface area contributed by atoms with Crippen molar-refractivity contribution in [2.45, 2.75) is 12.5 Å². The fourth-order valence-electron chi connectivity index (χ4n) is 1.50. The number of anilines is 1. The van der Waals surface area contributed by atoms with Crippen LogP contribution in [0, 0.1) is 11.3 Å². The highest BCUT2D eigenvalue weighted by atomic mass is 79.9. The van der Waals surface area contributed by atoms with E-state index in [1.54, 1.807) is 18.2 Å². The third-order valence-corrected chi connectivity index (χ3v) is 3.86. The Bertz CT molecular complexity index is 574. The van der Waals surface area contributed by atoms with Gasteiger partial charge in [0.25, 0.3) is 0 Å². The van der Waals surface area contributed by atoms with Gasteiger partial charge in [0.2, 0.25) is 0 Å². The lowest BCUT2D eigenvalue weighted by atomic mass is 10.2. The molecule has 0 unspecified atom stereocenters. The molecule has 0 spiro atoms. The quantitative estimate of drug-likeness (QED) is 0.713. The normalized spacial score (nSPS) is 11.3. The molecule has 112 valence electrons. The van der Waals surface area contributed by atoms with Gasteiger partial charge in [-0.3, -0.25) is 0 Å². The second-order valence-corrected chi connectivity index (χ2v) is 5.92. The molecule has 1 aromatic rings. The van der Waals surface area contributed by atoms with Gasteiger partial charge in [0.05, 0.1) is 17.3 Å². The highest BCUT2D eigenvalue weighted by molar-refractivity contribution is 9.10. The molecule has 0 aliphatic carbocycles. The molecule has 0 aliphatic rings. The van der Waals surface area contributed by atoms with Crippen molar-refractivity contribution in [1.29, 1.82) is 5.26 Å². The standard InChI is InChI=1S/C13H14BrN3O3S/c1-21-5-4-11(12(18)19)17-13(20)16-10-3-2-8(7-15)6-9(10)14/h2-3,6,11H,4-5H2,1H3,(H,18,19)(H2,16,17,20)/t11-/m1/s1. The Morgan fingerprint density at radius 3 is 2.76 bits per heavy atom. The van der Waals surface area contributed by atoms with Gasteiger partial charge in [-0.25, -0.2) is 9.59 Å². The summed E-state index contributed by atoms with van der Waals surface area (Å²) in [7, 11) is 0. The van der Waals surface area contributed by atoms with E-state index < -0.39 is 18.0 Å². The number of nitrogens with one attached hydrogen (secondary N) is 2. The smallest absolute Gasteiger partial charge is 0.326 e. The number of hydrogen-bond donors (Lipinski definition) is 3. The minimum Gasteiger partial charge on any atom is -0.480 e. The number of thioether (sulfide) groups is 1. The van der Waals surface area contributed by atoms with E-state index in [2.05, 4.69) is 26.6 Å². The van der Waals surface area contributed by atoms with Crippen molar-refractivity contribution < 1.29 is 14.7 Å². The number of aliphatic carboxylic acids is 1. The number of rotatable bonds is 6. The molecule has 1 atom stereocenters. The monoisotopic (exact) mass is 371 g/mol. The molecule has 1 aromatic carbocycles. The first-order chi connectivity index (χ1) is 9.97. The van der Waals surface area contributed by atoms with Crippen molar-refractivity contribution in [3.63, 3.8) is 0 Å².